The number of carbonyl (C=O) groups is 1. The fourth-order valence-corrected chi connectivity index (χ4v) is 2.07. The summed E-state index contributed by atoms with van der Waals surface area (Å²) in [5.74, 6) is 0. The monoisotopic (exact) mass is 285 g/mol. The van der Waals surface area contributed by atoms with Crippen LogP contribution < -0.4 is 5.32 Å². The average Bonchev–Trinajstić information content (AvgIpc) is 2.29. The van der Waals surface area contributed by atoms with Gasteiger partial charge in [-0.25, -0.2) is 13.6 Å². The van der Waals surface area contributed by atoms with Crippen molar-refractivity contribution in [1.82, 2.24) is 4.90 Å². The van der Waals surface area contributed by atoms with Gasteiger partial charge in [0, 0.05) is 12.6 Å². The first-order valence-electron chi connectivity index (χ1n) is 6.01. The number of halogens is 2. The van der Waals surface area contributed by atoms with E-state index in [9.17, 15) is 23.7 Å². The number of carbonyl (C=O) groups excluding carboxylic acids is 1. The highest BCUT2D eigenvalue weighted by atomic mass is 19.3. The van der Waals surface area contributed by atoms with Crippen molar-refractivity contribution < 1.29 is 18.5 Å². The number of nitro groups is 1. The van der Waals surface area contributed by atoms with Gasteiger partial charge in [-0.05, 0) is 19.4 Å². The first kappa shape index (κ1) is 14.2. The van der Waals surface area contributed by atoms with Gasteiger partial charge in [-0.15, -0.1) is 0 Å². The van der Waals surface area contributed by atoms with Gasteiger partial charge < -0.3 is 10.2 Å². The van der Waals surface area contributed by atoms with Crippen molar-refractivity contribution in [3.63, 3.8) is 0 Å². The quantitative estimate of drug-likeness (QED) is 0.685. The Balaban J connectivity index is 2.13. The first-order valence-corrected chi connectivity index (χ1v) is 6.01. The molecule has 1 saturated heterocycles. The zero-order chi connectivity index (χ0) is 14.9. The van der Waals surface area contributed by atoms with Gasteiger partial charge in [0.2, 0.25) is 0 Å². The van der Waals surface area contributed by atoms with Gasteiger partial charge in [0.05, 0.1) is 22.2 Å². The number of anilines is 1. The number of nitrogens with zero attached hydrogens (tertiary/aromatic N) is 2. The SMILES string of the molecule is Cc1c(NC(=O)N2CCC2C(F)F)cccc1[N+](=O)[O-]. The zero-order valence-corrected chi connectivity index (χ0v) is 10.7. The smallest absolute Gasteiger partial charge is 0.316 e. The van der Waals surface area contributed by atoms with Crippen LogP contribution in [-0.4, -0.2) is 34.9 Å². The van der Waals surface area contributed by atoms with E-state index >= 15 is 0 Å². The second kappa shape index (κ2) is 5.40. The van der Waals surface area contributed by atoms with E-state index in [-0.39, 0.29) is 24.3 Å². The Hall–Kier alpha value is -2.25. The molecule has 0 radical (unpaired) electrons. The molecule has 0 spiro atoms. The molecule has 2 amide bonds. The van der Waals surface area contributed by atoms with Crippen molar-refractivity contribution in [2.75, 3.05) is 11.9 Å². The lowest BCUT2D eigenvalue weighted by Crippen LogP contribution is -2.56. The standard InChI is InChI=1S/C12H13F2N3O3/c1-7-8(3-2-4-9(7)17(19)20)15-12(18)16-6-5-10(16)11(13)14/h2-4,10-11H,5-6H2,1H3,(H,15,18). The zero-order valence-electron chi connectivity index (χ0n) is 10.7. The van der Waals surface area contributed by atoms with Gasteiger partial charge in [0.25, 0.3) is 12.1 Å². The summed E-state index contributed by atoms with van der Waals surface area (Å²) in [6, 6.07) is 2.51. The number of nitro benzene ring substituents is 1. The number of amides is 2. The van der Waals surface area contributed by atoms with Gasteiger partial charge in [-0.1, -0.05) is 6.07 Å². The van der Waals surface area contributed by atoms with Gasteiger partial charge in [-0.2, -0.15) is 0 Å². The molecule has 1 unspecified atom stereocenters. The van der Waals surface area contributed by atoms with E-state index in [0.29, 0.717) is 5.56 Å². The van der Waals surface area contributed by atoms with Crippen LogP contribution in [0.2, 0.25) is 0 Å². The number of benzene rings is 1. The summed E-state index contributed by atoms with van der Waals surface area (Å²) in [6.07, 6.45) is -2.32. The van der Waals surface area contributed by atoms with Gasteiger partial charge in [0.15, 0.2) is 0 Å². The summed E-state index contributed by atoms with van der Waals surface area (Å²) in [5, 5.41) is 13.2. The summed E-state index contributed by atoms with van der Waals surface area (Å²) in [4.78, 5) is 23.1. The molecular formula is C12H13F2N3O3. The Bertz CT molecular complexity index is 551. The molecule has 1 N–H and O–H groups in total. The third kappa shape index (κ3) is 2.54. The van der Waals surface area contributed by atoms with Crippen molar-refractivity contribution in [3.8, 4) is 0 Å². The van der Waals surface area contributed by atoms with Crippen LogP contribution in [0.15, 0.2) is 18.2 Å². The lowest BCUT2D eigenvalue weighted by Gasteiger charge is -2.40. The molecule has 1 aromatic rings. The molecule has 8 heteroatoms. The number of nitrogens with one attached hydrogen (secondary N) is 1. The van der Waals surface area contributed by atoms with Crippen LogP contribution >= 0.6 is 0 Å². The fourth-order valence-electron chi connectivity index (χ4n) is 2.07. The van der Waals surface area contributed by atoms with Crippen molar-refractivity contribution >= 4 is 17.4 Å². The molecule has 1 heterocycles. The summed E-state index contributed by atoms with van der Waals surface area (Å²) in [7, 11) is 0. The van der Waals surface area contributed by atoms with Crippen LogP contribution in [0.4, 0.5) is 25.0 Å². The molecule has 1 fully saturated rings. The van der Waals surface area contributed by atoms with Crippen molar-refractivity contribution in [3.05, 3.63) is 33.9 Å². The summed E-state index contributed by atoms with van der Waals surface area (Å²) in [6.45, 7) is 1.75. The number of likely N-dealkylation sites (tertiary alicyclic amines) is 1. The Kier molecular flexibility index (Phi) is 3.82. The molecule has 2 rings (SSSR count). The van der Waals surface area contributed by atoms with Crippen molar-refractivity contribution in [1.29, 1.82) is 0 Å². The highest BCUT2D eigenvalue weighted by Crippen LogP contribution is 2.28. The lowest BCUT2D eigenvalue weighted by molar-refractivity contribution is -0.385. The van der Waals surface area contributed by atoms with E-state index in [1.807, 2.05) is 0 Å². The number of rotatable bonds is 3. The molecule has 0 bridgehead atoms. The third-order valence-corrected chi connectivity index (χ3v) is 3.36. The molecule has 0 aromatic heterocycles. The highest BCUT2D eigenvalue weighted by Gasteiger charge is 2.38. The maximum Gasteiger partial charge on any atom is 0.322 e. The van der Waals surface area contributed by atoms with Crippen LogP contribution in [0.3, 0.4) is 0 Å². The van der Waals surface area contributed by atoms with E-state index in [4.69, 9.17) is 0 Å². The topological polar surface area (TPSA) is 75.5 Å². The third-order valence-electron chi connectivity index (χ3n) is 3.36. The van der Waals surface area contributed by atoms with Crippen LogP contribution in [0.5, 0.6) is 0 Å². The number of hydrogen-bond donors (Lipinski definition) is 1. The molecule has 0 aliphatic carbocycles. The molecule has 1 aliphatic rings. The number of alkyl halides is 2. The van der Waals surface area contributed by atoms with E-state index in [1.165, 1.54) is 25.1 Å². The molecule has 108 valence electrons. The normalized spacial score (nSPS) is 17.8. The van der Waals surface area contributed by atoms with Crippen LogP contribution in [0, 0.1) is 17.0 Å². The maximum atomic E-state index is 12.6. The number of hydrogen-bond acceptors (Lipinski definition) is 3. The largest absolute Gasteiger partial charge is 0.322 e. The average molecular weight is 285 g/mol. The van der Waals surface area contributed by atoms with E-state index < -0.39 is 23.4 Å². The minimum atomic E-state index is -2.58. The van der Waals surface area contributed by atoms with Gasteiger partial charge in [-0.3, -0.25) is 10.1 Å². The summed E-state index contributed by atoms with van der Waals surface area (Å²) in [5.41, 5.74) is 0.418. The highest BCUT2D eigenvalue weighted by molar-refractivity contribution is 5.91. The second-order valence-corrected chi connectivity index (χ2v) is 4.52. The van der Waals surface area contributed by atoms with Gasteiger partial charge >= 0.3 is 6.03 Å². The first-order chi connectivity index (χ1) is 9.41. The van der Waals surface area contributed by atoms with E-state index in [0.717, 1.165) is 4.90 Å². The molecular weight excluding hydrogens is 272 g/mol. The fraction of sp³-hybridized carbons (Fsp3) is 0.417. The Morgan fingerprint density at radius 2 is 2.25 bits per heavy atom. The van der Waals surface area contributed by atoms with Crippen LogP contribution in [0.25, 0.3) is 0 Å². The molecule has 1 atom stereocenters. The molecule has 1 aromatic carbocycles. The summed E-state index contributed by atoms with van der Waals surface area (Å²) < 4.78 is 25.1. The Morgan fingerprint density at radius 3 is 2.75 bits per heavy atom. The van der Waals surface area contributed by atoms with Gasteiger partial charge in [0.1, 0.15) is 0 Å². The van der Waals surface area contributed by atoms with Crippen molar-refractivity contribution in [2.24, 2.45) is 0 Å². The minimum absolute atomic E-state index is 0.128. The Morgan fingerprint density at radius 1 is 1.55 bits per heavy atom. The predicted octanol–water partition coefficient (Wildman–Crippen LogP) is 2.77. The predicted molar refractivity (Wildman–Crippen MR) is 68.0 cm³/mol. The summed E-state index contributed by atoms with van der Waals surface area (Å²) >= 11 is 0. The molecule has 6 nitrogen and oxygen atoms in total. The van der Waals surface area contributed by atoms with E-state index in [1.54, 1.807) is 0 Å². The van der Waals surface area contributed by atoms with Crippen molar-refractivity contribution in [2.45, 2.75) is 25.8 Å². The Labute approximate surface area is 113 Å². The van der Waals surface area contributed by atoms with Crippen LogP contribution in [-0.2, 0) is 0 Å². The molecule has 1 aliphatic heterocycles. The second-order valence-electron chi connectivity index (χ2n) is 4.52. The molecule has 0 saturated carbocycles. The van der Waals surface area contributed by atoms with E-state index in [2.05, 4.69) is 5.32 Å². The minimum Gasteiger partial charge on any atom is -0.316 e. The number of urea groups is 1. The molecule has 20 heavy (non-hydrogen) atoms. The lowest BCUT2D eigenvalue weighted by atomic mass is 10.0. The van der Waals surface area contributed by atoms with Crippen LogP contribution in [0.1, 0.15) is 12.0 Å². The maximum absolute atomic E-state index is 12.6.